The molecule has 2 aliphatic carbocycles. The van der Waals surface area contributed by atoms with E-state index in [0.29, 0.717) is 5.88 Å². The zero-order chi connectivity index (χ0) is 18.6. The van der Waals surface area contributed by atoms with Crippen LogP contribution in [0.15, 0.2) is 11.6 Å². The third kappa shape index (κ3) is 2.55. The van der Waals surface area contributed by atoms with Crippen molar-refractivity contribution < 1.29 is 9.53 Å². The molecule has 0 aliphatic heterocycles. The number of Topliss-reactive ketones (excluding diaryl/α,β-unsaturated/α-hetero) is 1. The Bertz CT molecular complexity index is 813. The van der Waals surface area contributed by atoms with Gasteiger partial charge < -0.3 is 4.74 Å². The fourth-order valence-corrected chi connectivity index (χ4v) is 4.24. The molecule has 3 unspecified atom stereocenters. The number of carbonyl (C=O) groups excluding carboxylic acids is 1. The van der Waals surface area contributed by atoms with Gasteiger partial charge in [-0.3, -0.25) is 4.79 Å². The Morgan fingerprint density at radius 1 is 1.36 bits per heavy atom. The van der Waals surface area contributed by atoms with E-state index in [0.717, 1.165) is 29.9 Å². The molecule has 5 heteroatoms. The summed E-state index contributed by atoms with van der Waals surface area (Å²) in [5.41, 5.74) is 1.48. The fraction of sp³-hybridized carbons (Fsp3) is 0.600. The number of allylic oxidation sites excluding steroid dienone is 2. The van der Waals surface area contributed by atoms with Gasteiger partial charge in [0.1, 0.15) is 11.9 Å². The SMILES string of the molecule is COc1nc(C(C)(C)C)nc2c1CCC1C(C)C(=O)C(C#N)=CC21C. The average Bonchev–Trinajstić information content (AvgIpc) is 2.56. The van der Waals surface area contributed by atoms with Crippen molar-refractivity contribution in [3.8, 4) is 11.9 Å². The monoisotopic (exact) mass is 339 g/mol. The summed E-state index contributed by atoms with van der Waals surface area (Å²) in [6.45, 7) is 10.2. The van der Waals surface area contributed by atoms with Gasteiger partial charge >= 0.3 is 0 Å². The maximum absolute atomic E-state index is 12.5. The lowest BCUT2D eigenvalue weighted by Gasteiger charge is -2.45. The number of aromatic nitrogens is 2. The highest BCUT2D eigenvalue weighted by Gasteiger charge is 2.50. The maximum Gasteiger partial charge on any atom is 0.219 e. The highest BCUT2D eigenvalue weighted by Crippen LogP contribution is 2.50. The van der Waals surface area contributed by atoms with Crippen molar-refractivity contribution >= 4 is 5.78 Å². The zero-order valence-corrected chi connectivity index (χ0v) is 15.8. The van der Waals surface area contributed by atoms with Crippen molar-refractivity contribution in [2.75, 3.05) is 7.11 Å². The lowest BCUT2D eigenvalue weighted by atomic mass is 9.58. The second-order valence-corrected chi connectivity index (χ2v) is 8.38. The van der Waals surface area contributed by atoms with Crippen LogP contribution in [-0.2, 0) is 22.0 Å². The van der Waals surface area contributed by atoms with Crippen LogP contribution in [0.5, 0.6) is 5.88 Å². The molecule has 3 rings (SSSR count). The smallest absolute Gasteiger partial charge is 0.219 e. The number of carbonyl (C=O) groups is 1. The number of ketones is 1. The van der Waals surface area contributed by atoms with E-state index in [1.165, 1.54) is 0 Å². The Hall–Kier alpha value is -2.22. The molecule has 1 aromatic heterocycles. The predicted octanol–water partition coefficient (Wildman–Crippen LogP) is 3.27. The first-order chi connectivity index (χ1) is 11.6. The van der Waals surface area contributed by atoms with Crippen LogP contribution in [0.1, 0.15) is 58.1 Å². The molecule has 132 valence electrons. The van der Waals surface area contributed by atoms with Crippen LogP contribution in [0, 0.1) is 23.2 Å². The maximum atomic E-state index is 12.5. The van der Waals surface area contributed by atoms with E-state index in [1.807, 2.05) is 13.0 Å². The van der Waals surface area contributed by atoms with Crippen molar-refractivity contribution in [3.63, 3.8) is 0 Å². The van der Waals surface area contributed by atoms with Crippen LogP contribution in [0.25, 0.3) is 0 Å². The van der Waals surface area contributed by atoms with Gasteiger partial charge in [0, 0.05) is 22.3 Å². The van der Waals surface area contributed by atoms with Crippen molar-refractivity contribution in [1.29, 1.82) is 5.26 Å². The minimum atomic E-state index is -0.456. The first-order valence-electron chi connectivity index (χ1n) is 8.76. The summed E-state index contributed by atoms with van der Waals surface area (Å²) in [7, 11) is 1.63. The number of ether oxygens (including phenoxy) is 1. The molecule has 25 heavy (non-hydrogen) atoms. The van der Waals surface area contributed by atoms with Crippen molar-refractivity contribution in [3.05, 3.63) is 28.7 Å². The molecular formula is C20H25N3O2. The first-order valence-corrected chi connectivity index (χ1v) is 8.76. The standard InChI is InChI=1S/C20H25N3O2/c1-11-14-8-7-13-16(20(14,5)9-12(10-21)15(11)24)22-18(19(2,3)4)23-17(13)25-6/h9,11,14H,7-8H2,1-6H3. The molecular weight excluding hydrogens is 314 g/mol. The molecule has 0 aromatic carbocycles. The molecule has 0 saturated carbocycles. The molecule has 0 spiro atoms. The van der Waals surface area contributed by atoms with Crippen LogP contribution in [0.3, 0.4) is 0 Å². The summed E-state index contributed by atoms with van der Waals surface area (Å²) in [5.74, 6) is 1.24. The van der Waals surface area contributed by atoms with Gasteiger partial charge in [-0.2, -0.15) is 10.2 Å². The second kappa shape index (κ2) is 5.66. The number of rotatable bonds is 1. The summed E-state index contributed by atoms with van der Waals surface area (Å²) < 4.78 is 5.57. The van der Waals surface area contributed by atoms with Gasteiger partial charge in [0.25, 0.3) is 0 Å². The van der Waals surface area contributed by atoms with Crippen LogP contribution >= 0.6 is 0 Å². The van der Waals surface area contributed by atoms with E-state index in [1.54, 1.807) is 7.11 Å². The summed E-state index contributed by atoms with van der Waals surface area (Å²) in [5, 5.41) is 9.42. The van der Waals surface area contributed by atoms with Gasteiger partial charge in [-0.05, 0) is 18.8 Å². The minimum Gasteiger partial charge on any atom is -0.481 e. The van der Waals surface area contributed by atoms with E-state index >= 15 is 0 Å². The molecule has 0 amide bonds. The van der Waals surface area contributed by atoms with E-state index in [-0.39, 0.29) is 28.6 Å². The predicted molar refractivity (Wildman–Crippen MR) is 94.3 cm³/mol. The summed E-state index contributed by atoms with van der Waals surface area (Å²) in [4.78, 5) is 22.0. The van der Waals surface area contributed by atoms with E-state index in [2.05, 4.69) is 38.7 Å². The lowest BCUT2D eigenvalue weighted by molar-refractivity contribution is -0.121. The lowest BCUT2D eigenvalue weighted by Crippen LogP contribution is -2.46. The number of fused-ring (bicyclic) bond motifs is 3. The van der Waals surface area contributed by atoms with Gasteiger partial charge in [-0.15, -0.1) is 0 Å². The van der Waals surface area contributed by atoms with E-state index in [9.17, 15) is 10.1 Å². The topological polar surface area (TPSA) is 75.9 Å². The molecule has 2 aliphatic rings. The average molecular weight is 339 g/mol. The molecule has 1 aromatic rings. The molecule has 0 fully saturated rings. The third-order valence-corrected chi connectivity index (χ3v) is 5.67. The molecule has 0 bridgehead atoms. The molecule has 1 heterocycles. The second-order valence-electron chi connectivity index (χ2n) is 8.38. The molecule has 3 atom stereocenters. The Morgan fingerprint density at radius 2 is 2.04 bits per heavy atom. The Balaban J connectivity index is 2.30. The van der Waals surface area contributed by atoms with Crippen LogP contribution in [0.2, 0.25) is 0 Å². The minimum absolute atomic E-state index is 0.0505. The van der Waals surface area contributed by atoms with E-state index < -0.39 is 5.41 Å². The highest BCUT2D eigenvalue weighted by molar-refractivity contribution is 6.02. The van der Waals surface area contributed by atoms with Gasteiger partial charge in [0.15, 0.2) is 5.78 Å². The number of methoxy groups -OCH3 is 1. The van der Waals surface area contributed by atoms with Crippen LogP contribution < -0.4 is 4.74 Å². The number of hydrogen-bond donors (Lipinski definition) is 0. The first kappa shape index (κ1) is 17.6. The largest absolute Gasteiger partial charge is 0.481 e. The van der Waals surface area contributed by atoms with Crippen molar-refractivity contribution in [2.45, 2.75) is 58.3 Å². The number of nitriles is 1. The quantitative estimate of drug-likeness (QED) is 0.785. The zero-order valence-electron chi connectivity index (χ0n) is 15.8. The normalized spacial score (nSPS) is 28.5. The highest BCUT2D eigenvalue weighted by atomic mass is 16.5. The molecule has 0 radical (unpaired) electrons. The summed E-state index contributed by atoms with van der Waals surface area (Å²) >= 11 is 0. The molecule has 5 nitrogen and oxygen atoms in total. The Kier molecular flexibility index (Phi) is 3.98. The van der Waals surface area contributed by atoms with Crippen molar-refractivity contribution in [1.82, 2.24) is 9.97 Å². The number of nitrogens with zero attached hydrogens (tertiary/aromatic N) is 3. The number of hydrogen-bond acceptors (Lipinski definition) is 5. The van der Waals surface area contributed by atoms with Gasteiger partial charge in [-0.25, -0.2) is 4.98 Å². The fourth-order valence-electron chi connectivity index (χ4n) is 4.24. The summed E-state index contributed by atoms with van der Waals surface area (Å²) in [6, 6.07) is 2.08. The van der Waals surface area contributed by atoms with Crippen LogP contribution in [0.4, 0.5) is 0 Å². The Labute approximate surface area is 149 Å². The molecule has 0 N–H and O–H groups in total. The van der Waals surface area contributed by atoms with Crippen molar-refractivity contribution in [2.24, 2.45) is 11.8 Å². The van der Waals surface area contributed by atoms with Crippen LogP contribution in [-0.4, -0.2) is 22.9 Å². The third-order valence-electron chi connectivity index (χ3n) is 5.67. The summed E-state index contributed by atoms with van der Waals surface area (Å²) in [6.07, 6.45) is 3.48. The Morgan fingerprint density at radius 3 is 2.60 bits per heavy atom. The van der Waals surface area contributed by atoms with Gasteiger partial charge in [0.2, 0.25) is 5.88 Å². The van der Waals surface area contributed by atoms with Gasteiger partial charge in [-0.1, -0.05) is 40.7 Å². The van der Waals surface area contributed by atoms with E-state index in [4.69, 9.17) is 9.72 Å². The molecule has 0 saturated heterocycles. The van der Waals surface area contributed by atoms with Gasteiger partial charge in [0.05, 0.1) is 18.4 Å².